The second-order valence-corrected chi connectivity index (χ2v) is 4.46. The molecule has 4 heteroatoms. The van der Waals surface area contributed by atoms with E-state index in [1.165, 1.54) is 4.88 Å². The number of hydrogen-bond donors (Lipinski definition) is 0. The minimum absolute atomic E-state index is 0.0567. The van der Waals surface area contributed by atoms with E-state index >= 15 is 0 Å². The lowest BCUT2D eigenvalue weighted by Gasteiger charge is -2.02. The Morgan fingerprint density at radius 1 is 1.25 bits per heavy atom. The summed E-state index contributed by atoms with van der Waals surface area (Å²) in [5, 5.41) is 0. The van der Waals surface area contributed by atoms with Crippen LogP contribution in [0.4, 0.5) is 0 Å². The van der Waals surface area contributed by atoms with Crippen molar-refractivity contribution < 1.29 is 14.3 Å². The molecule has 0 saturated heterocycles. The van der Waals surface area contributed by atoms with Crippen LogP contribution in [0.2, 0.25) is 0 Å². The fourth-order valence-corrected chi connectivity index (χ4v) is 2.09. The zero-order valence-electron chi connectivity index (χ0n) is 9.82. The van der Waals surface area contributed by atoms with Crippen LogP contribution in [0.3, 0.4) is 0 Å². The maximum absolute atomic E-state index is 11.7. The number of carbonyl (C=O) groups is 1. The lowest BCUT2D eigenvalue weighted by Crippen LogP contribution is -2.11. The van der Waals surface area contributed by atoms with Gasteiger partial charge in [-0.25, -0.2) is 0 Å². The van der Waals surface area contributed by atoms with Gasteiger partial charge in [-0.05, 0) is 25.5 Å². The summed E-state index contributed by atoms with van der Waals surface area (Å²) >= 11 is 1.55. The van der Waals surface area contributed by atoms with E-state index in [9.17, 15) is 4.79 Å². The van der Waals surface area contributed by atoms with Crippen LogP contribution in [-0.4, -0.2) is 32.2 Å². The first kappa shape index (κ1) is 13.4. The van der Waals surface area contributed by atoms with Crippen LogP contribution in [0.15, 0.2) is 12.1 Å². The third-order valence-corrected chi connectivity index (χ3v) is 3.36. The van der Waals surface area contributed by atoms with Gasteiger partial charge in [0.1, 0.15) is 6.61 Å². The standard InChI is InChI=1S/C12H18O3S/c1-3-10-5-6-12(16-10)11(13)9-15-8-7-14-4-2/h5-6H,3-4,7-9H2,1-2H3. The first-order valence-corrected chi connectivity index (χ1v) is 6.37. The van der Waals surface area contributed by atoms with Gasteiger partial charge in [-0.15, -0.1) is 11.3 Å². The average molecular weight is 242 g/mol. The summed E-state index contributed by atoms with van der Waals surface area (Å²) in [4.78, 5) is 13.7. The zero-order valence-corrected chi connectivity index (χ0v) is 10.6. The van der Waals surface area contributed by atoms with Crippen molar-refractivity contribution in [3.8, 4) is 0 Å². The number of aryl methyl sites for hydroxylation is 1. The second-order valence-electron chi connectivity index (χ2n) is 3.29. The lowest BCUT2D eigenvalue weighted by atomic mass is 10.3. The van der Waals surface area contributed by atoms with Gasteiger partial charge in [0.2, 0.25) is 0 Å². The molecule has 0 saturated carbocycles. The van der Waals surface area contributed by atoms with Crippen molar-refractivity contribution in [2.45, 2.75) is 20.3 Å². The van der Waals surface area contributed by atoms with Crippen molar-refractivity contribution in [2.24, 2.45) is 0 Å². The molecule has 0 atom stereocenters. The van der Waals surface area contributed by atoms with E-state index in [0.717, 1.165) is 11.3 Å². The van der Waals surface area contributed by atoms with Crippen molar-refractivity contribution >= 4 is 17.1 Å². The normalized spacial score (nSPS) is 10.6. The molecule has 3 nitrogen and oxygen atoms in total. The van der Waals surface area contributed by atoms with Crippen LogP contribution in [-0.2, 0) is 15.9 Å². The molecule has 1 aromatic heterocycles. The van der Waals surface area contributed by atoms with Gasteiger partial charge < -0.3 is 9.47 Å². The highest BCUT2D eigenvalue weighted by molar-refractivity contribution is 7.14. The molecule has 1 heterocycles. The quantitative estimate of drug-likeness (QED) is 0.519. The van der Waals surface area contributed by atoms with Crippen LogP contribution >= 0.6 is 11.3 Å². The van der Waals surface area contributed by atoms with Gasteiger partial charge in [0.05, 0.1) is 18.1 Å². The molecule has 0 aromatic carbocycles. The number of thiophene rings is 1. The Morgan fingerprint density at radius 3 is 2.62 bits per heavy atom. The van der Waals surface area contributed by atoms with Crippen molar-refractivity contribution in [3.63, 3.8) is 0 Å². The number of ether oxygens (including phenoxy) is 2. The molecular weight excluding hydrogens is 224 g/mol. The summed E-state index contributed by atoms with van der Waals surface area (Å²) in [7, 11) is 0. The van der Waals surface area contributed by atoms with E-state index in [1.807, 2.05) is 19.1 Å². The van der Waals surface area contributed by atoms with Gasteiger partial charge in [0.15, 0.2) is 5.78 Å². The molecular formula is C12H18O3S. The molecule has 0 aliphatic carbocycles. The predicted octanol–water partition coefficient (Wildman–Crippen LogP) is 2.55. The Morgan fingerprint density at radius 2 is 2.00 bits per heavy atom. The summed E-state index contributed by atoms with van der Waals surface area (Å²) in [5.41, 5.74) is 0. The molecule has 1 aromatic rings. The smallest absolute Gasteiger partial charge is 0.198 e. The molecule has 0 spiro atoms. The number of ketones is 1. The van der Waals surface area contributed by atoms with Gasteiger partial charge in [-0.2, -0.15) is 0 Å². The van der Waals surface area contributed by atoms with Crippen molar-refractivity contribution in [1.82, 2.24) is 0 Å². The highest BCUT2D eigenvalue weighted by Crippen LogP contribution is 2.17. The average Bonchev–Trinajstić information content (AvgIpc) is 2.77. The molecule has 0 aliphatic rings. The Labute approximate surface area is 100 Å². The van der Waals surface area contributed by atoms with Crippen molar-refractivity contribution in [3.05, 3.63) is 21.9 Å². The van der Waals surface area contributed by atoms with Crippen molar-refractivity contribution in [2.75, 3.05) is 26.4 Å². The molecule has 0 radical (unpaired) electrons. The van der Waals surface area contributed by atoms with E-state index in [-0.39, 0.29) is 12.4 Å². The molecule has 0 fully saturated rings. The van der Waals surface area contributed by atoms with E-state index < -0.39 is 0 Å². The summed E-state index contributed by atoms with van der Waals surface area (Å²) < 4.78 is 10.3. The highest BCUT2D eigenvalue weighted by Gasteiger charge is 2.08. The van der Waals surface area contributed by atoms with Gasteiger partial charge in [-0.1, -0.05) is 6.92 Å². The fraction of sp³-hybridized carbons (Fsp3) is 0.583. The van der Waals surface area contributed by atoms with E-state index in [4.69, 9.17) is 9.47 Å². The van der Waals surface area contributed by atoms with Crippen LogP contribution in [0.1, 0.15) is 28.4 Å². The topological polar surface area (TPSA) is 35.5 Å². The Bertz CT molecular complexity index is 320. The summed E-state index contributed by atoms with van der Waals surface area (Å²) in [6, 6.07) is 3.87. The monoisotopic (exact) mass is 242 g/mol. The Hall–Kier alpha value is -0.710. The molecule has 16 heavy (non-hydrogen) atoms. The highest BCUT2D eigenvalue weighted by atomic mass is 32.1. The Balaban J connectivity index is 2.24. The van der Waals surface area contributed by atoms with E-state index in [2.05, 4.69) is 6.92 Å². The largest absolute Gasteiger partial charge is 0.379 e. The van der Waals surface area contributed by atoms with E-state index in [1.54, 1.807) is 11.3 Å². The molecule has 90 valence electrons. The summed E-state index contributed by atoms with van der Waals surface area (Å²) in [6.07, 6.45) is 0.975. The molecule has 0 bridgehead atoms. The maximum Gasteiger partial charge on any atom is 0.198 e. The SMILES string of the molecule is CCOCCOCC(=O)c1ccc(CC)s1. The Kier molecular flexibility index (Phi) is 6.30. The number of hydrogen-bond acceptors (Lipinski definition) is 4. The number of carbonyl (C=O) groups excluding carboxylic acids is 1. The second kappa shape index (κ2) is 7.54. The van der Waals surface area contributed by atoms with Crippen LogP contribution in [0.25, 0.3) is 0 Å². The van der Waals surface area contributed by atoms with Gasteiger partial charge in [0.25, 0.3) is 0 Å². The van der Waals surface area contributed by atoms with Crippen LogP contribution in [0, 0.1) is 0 Å². The first-order valence-electron chi connectivity index (χ1n) is 5.55. The molecule has 0 amide bonds. The number of rotatable bonds is 8. The molecule has 1 rings (SSSR count). The van der Waals surface area contributed by atoms with Gasteiger partial charge >= 0.3 is 0 Å². The number of Topliss-reactive ketones (excluding diaryl/α,β-unsaturated/α-hetero) is 1. The molecule has 0 unspecified atom stereocenters. The predicted molar refractivity (Wildman–Crippen MR) is 65.3 cm³/mol. The van der Waals surface area contributed by atoms with Gasteiger partial charge in [-0.3, -0.25) is 4.79 Å². The van der Waals surface area contributed by atoms with E-state index in [0.29, 0.717) is 19.8 Å². The minimum Gasteiger partial charge on any atom is -0.379 e. The summed E-state index contributed by atoms with van der Waals surface area (Å²) in [6.45, 7) is 5.88. The minimum atomic E-state index is 0.0567. The van der Waals surface area contributed by atoms with Crippen LogP contribution < -0.4 is 0 Å². The maximum atomic E-state index is 11.7. The summed E-state index contributed by atoms with van der Waals surface area (Å²) in [5.74, 6) is 0.0567. The fourth-order valence-electron chi connectivity index (χ4n) is 1.22. The van der Waals surface area contributed by atoms with Crippen LogP contribution in [0.5, 0.6) is 0 Å². The lowest BCUT2D eigenvalue weighted by molar-refractivity contribution is 0.0477. The molecule has 0 aliphatic heterocycles. The van der Waals surface area contributed by atoms with Crippen molar-refractivity contribution in [1.29, 1.82) is 0 Å². The third kappa shape index (κ3) is 4.43. The van der Waals surface area contributed by atoms with Gasteiger partial charge in [0, 0.05) is 11.5 Å². The third-order valence-electron chi connectivity index (χ3n) is 2.09. The first-order chi connectivity index (χ1) is 7.77. The molecule has 0 N–H and O–H groups in total. The zero-order chi connectivity index (χ0) is 11.8.